The van der Waals surface area contributed by atoms with Gasteiger partial charge in [-0.15, -0.1) is 0 Å². The van der Waals surface area contributed by atoms with E-state index in [1.165, 1.54) is 0 Å². The Morgan fingerprint density at radius 2 is 2.00 bits per heavy atom. The first-order chi connectivity index (χ1) is 9.29. The fourth-order valence-corrected chi connectivity index (χ4v) is 3.18. The lowest BCUT2D eigenvalue weighted by atomic mass is 9.80. The van der Waals surface area contributed by atoms with Gasteiger partial charge in [0.2, 0.25) is 5.91 Å². The molecule has 3 nitrogen and oxygen atoms in total. The molecule has 3 unspecified atom stereocenters. The summed E-state index contributed by atoms with van der Waals surface area (Å²) < 4.78 is 38.3. The first-order valence-electron chi connectivity index (χ1n) is 7.17. The third-order valence-electron chi connectivity index (χ3n) is 4.47. The molecule has 1 heterocycles. The van der Waals surface area contributed by atoms with Crippen LogP contribution in [0.4, 0.5) is 13.2 Å². The number of alkyl halides is 3. The van der Waals surface area contributed by atoms with E-state index in [4.69, 9.17) is 0 Å². The van der Waals surface area contributed by atoms with Crippen molar-refractivity contribution >= 4 is 11.7 Å². The van der Waals surface area contributed by atoms with Gasteiger partial charge in [-0.2, -0.15) is 13.2 Å². The highest BCUT2D eigenvalue weighted by atomic mass is 19.4. The Bertz CT molecular complexity index is 394. The molecule has 0 spiro atoms. The van der Waals surface area contributed by atoms with Crippen LogP contribution in [0.1, 0.15) is 39.0 Å². The molecule has 0 radical (unpaired) electrons. The van der Waals surface area contributed by atoms with Crippen LogP contribution in [0.3, 0.4) is 0 Å². The van der Waals surface area contributed by atoms with Crippen LogP contribution in [0.15, 0.2) is 0 Å². The zero-order chi connectivity index (χ0) is 14.9. The van der Waals surface area contributed by atoms with Crippen molar-refractivity contribution < 1.29 is 22.8 Å². The van der Waals surface area contributed by atoms with Crippen molar-refractivity contribution in [2.75, 3.05) is 13.1 Å². The second-order valence-corrected chi connectivity index (χ2v) is 6.00. The van der Waals surface area contributed by atoms with E-state index in [0.29, 0.717) is 32.4 Å². The lowest BCUT2D eigenvalue weighted by Gasteiger charge is -2.36. The van der Waals surface area contributed by atoms with Crippen LogP contribution < -0.4 is 0 Å². The van der Waals surface area contributed by atoms with E-state index < -0.39 is 18.0 Å². The topological polar surface area (TPSA) is 37.4 Å². The average molecular weight is 291 g/mol. The summed E-state index contributed by atoms with van der Waals surface area (Å²) in [6.07, 6.45) is -2.87. The van der Waals surface area contributed by atoms with Crippen molar-refractivity contribution in [1.29, 1.82) is 0 Å². The smallest absolute Gasteiger partial charge is 0.341 e. The van der Waals surface area contributed by atoms with Crippen molar-refractivity contribution in [2.24, 2.45) is 17.8 Å². The van der Waals surface area contributed by atoms with Crippen LogP contribution in [0.2, 0.25) is 0 Å². The van der Waals surface area contributed by atoms with Gasteiger partial charge in [0.25, 0.3) is 0 Å². The number of hydrogen-bond donors (Lipinski definition) is 0. The summed E-state index contributed by atoms with van der Waals surface area (Å²) in [6, 6.07) is 0. The third-order valence-corrected chi connectivity index (χ3v) is 4.47. The molecule has 1 amide bonds. The quantitative estimate of drug-likeness (QED) is 0.745. The molecule has 0 N–H and O–H groups in total. The Hall–Kier alpha value is -1.07. The molecular formula is C14H20F3NO2. The molecule has 1 aliphatic heterocycles. The zero-order valence-electron chi connectivity index (χ0n) is 11.6. The molecule has 0 aromatic heterocycles. The Morgan fingerprint density at radius 1 is 1.30 bits per heavy atom. The maximum Gasteiger partial charge on any atom is 0.391 e. The van der Waals surface area contributed by atoms with Crippen LogP contribution in [0.25, 0.3) is 0 Å². The van der Waals surface area contributed by atoms with Gasteiger partial charge < -0.3 is 4.90 Å². The molecule has 0 bridgehead atoms. The second-order valence-electron chi connectivity index (χ2n) is 6.00. The van der Waals surface area contributed by atoms with E-state index in [0.717, 1.165) is 0 Å². The highest BCUT2D eigenvalue weighted by Gasteiger charge is 2.44. The number of amides is 1. The Morgan fingerprint density at radius 3 is 2.60 bits per heavy atom. The van der Waals surface area contributed by atoms with Crippen molar-refractivity contribution in [3.63, 3.8) is 0 Å². The van der Waals surface area contributed by atoms with Crippen LogP contribution in [0, 0.1) is 17.8 Å². The van der Waals surface area contributed by atoms with Gasteiger partial charge >= 0.3 is 6.18 Å². The third kappa shape index (κ3) is 3.33. The molecule has 2 rings (SSSR count). The molecule has 1 aliphatic carbocycles. The highest BCUT2D eigenvalue weighted by molar-refractivity contribution is 5.85. The van der Waals surface area contributed by atoms with Gasteiger partial charge in [0.1, 0.15) is 5.78 Å². The summed E-state index contributed by atoms with van der Waals surface area (Å²) in [5.74, 6) is -2.15. The second kappa shape index (κ2) is 5.74. The standard InChI is InChI=1S/C14H20F3NO2/c1-9-8-18(6-5-12(9)19)13(20)10-3-2-4-11(7-10)14(15,16)17/h9-11H,2-8H2,1H3. The summed E-state index contributed by atoms with van der Waals surface area (Å²) in [7, 11) is 0. The number of ketones is 1. The fraction of sp³-hybridized carbons (Fsp3) is 0.857. The lowest BCUT2D eigenvalue weighted by molar-refractivity contribution is -0.187. The summed E-state index contributed by atoms with van der Waals surface area (Å²) in [5, 5.41) is 0. The number of likely N-dealkylation sites (tertiary alicyclic amines) is 1. The molecule has 0 aromatic carbocycles. The zero-order valence-corrected chi connectivity index (χ0v) is 11.6. The normalized spacial score (nSPS) is 32.3. The van der Waals surface area contributed by atoms with Gasteiger partial charge in [-0.05, 0) is 19.3 Å². The average Bonchev–Trinajstić information content (AvgIpc) is 2.40. The monoisotopic (exact) mass is 291 g/mol. The predicted molar refractivity (Wildman–Crippen MR) is 66.9 cm³/mol. The number of rotatable bonds is 1. The molecule has 6 heteroatoms. The Balaban J connectivity index is 1.97. The van der Waals surface area contributed by atoms with E-state index in [2.05, 4.69) is 0 Å². The number of hydrogen-bond acceptors (Lipinski definition) is 2. The van der Waals surface area contributed by atoms with Crippen LogP contribution in [-0.2, 0) is 9.59 Å². The van der Waals surface area contributed by atoms with E-state index in [1.807, 2.05) is 0 Å². The SMILES string of the molecule is CC1CN(C(=O)C2CCCC(C(F)(F)F)C2)CCC1=O. The molecule has 114 valence electrons. The van der Waals surface area contributed by atoms with E-state index in [1.54, 1.807) is 11.8 Å². The first-order valence-corrected chi connectivity index (χ1v) is 7.17. The van der Waals surface area contributed by atoms with Gasteiger partial charge in [-0.1, -0.05) is 13.3 Å². The summed E-state index contributed by atoms with van der Waals surface area (Å²) in [4.78, 5) is 25.3. The van der Waals surface area contributed by atoms with Crippen molar-refractivity contribution in [3.8, 4) is 0 Å². The summed E-state index contributed by atoms with van der Waals surface area (Å²) in [5.41, 5.74) is 0. The minimum absolute atomic E-state index is 0.0961. The van der Waals surface area contributed by atoms with Crippen LogP contribution >= 0.6 is 0 Å². The van der Waals surface area contributed by atoms with Crippen molar-refractivity contribution in [3.05, 3.63) is 0 Å². The van der Waals surface area contributed by atoms with Crippen molar-refractivity contribution in [1.82, 2.24) is 4.90 Å². The maximum absolute atomic E-state index is 12.8. The molecule has 1 saturated carbocycles. The van der Waals surface area contributed by atoms with Gasteiger partial charge in [0, 0.05) is 31.3 Å². The fourth-order valence-electron chi connectivity index (χ4n) is 3.18. The molecule has 20 heavy (non-hydrogen) atoms. The minimum Gasteiger partial charge on any atom is -0.341 e. The number of piperidine rings is 1. The number of halogens is 3. The molecule has 2 fully saturated rings. The molecule has 3 atom stereocenters. The first kappa shape index (κ1) is 15.3. The number of Topliss-reactive ketones (excluding diaryl/α,β-unsaturated/α-hetero) is 1. The number of carbonyl (C=O) groups excluding carboxylic acids is 2. The van der Waals surface area contributed by atoms with Crippen molar-refractivity contribution in [2.45, 2.75) is 45.2 Å². The Kier molecular flexibility index (Phi) is 4.39. The number of carbonyl (C=O) groups is 2. The molecular weight excluding hydrogens is 271 g/mol. The molecule has 2 aliphatic rings. The lowest BCUT2D eigenvalue weighted by Crippen LogP contribution is -2.47. The van der Waals surface area contributed by atoms with Gasteiger partial charge in [0.05, 0.1) is 5.92 Å². The van der Waals surface area contributed by atoms with Gasteiger partial charge in [0.15, 0.2) is 0 Å². The van der Waals surface area contributed by atoms with Crippen LogP contribution in [0.5, 0.6) is 0 Å². The van der Waals surface area contributed by atoms with Crippen LogP contribution in [-0.4, -0.2) is 35.9 Å². The highest BCUT2D eigenvalue weighted by Crippen LogP contribution is 2.40. The Labute approximate surface area is 116 Å². The molecule has 1 saturated heterocycles. The van der Waals surface area contributed by atoms with E-state index >= 15 is 0 Å². The predicted octanol–water partition coefficient (Wildman–Crippen LogP) is 2.79. The van der Waals surface area contributed by atoms with E-state index in [9.17, 15) is 22.8 Å². The number of nitrogens with zero attached hydrogens (tertiary/aromatic N) is 1. The molecule has 0 aromatic rings. The van der Waals surface area contributed by atoms with Gasteiger partial charge in [-0.25, -0.2) is 0 Å². The maximum atomic E-state index is 12.8. The minimum atomic E-state index is -4.20. The van der Waals surface area contributed by atoms with E-state index in [-0.39, 0.29) is 30.4 Å². The summed E-state index contributed by atoms with van der Waals surface area (Å²) in [6.45, 7) is 2.47. The largest absolute Gasteiger partial charge is 0.391 e. The van der Waals surface area contributed by atoms with Gasteiger partial charge in [-0.3, -0.25) is 9.59 Å². The summed E-state index contributed by atoms with van der Waals surface area (Å²) >= 11 is 0.